The number of amides is 1. The molecule has 0 spiro atoms. The number of carbonyl (C=O) groups is 2. The summed E-state index contributed by atoms with van der Waals surface area (Å²) in [5.41, 5.74) is 2.62. The van der Waals surface area contributed by atoms with Crippen molar-refractivity contribution >= 4 is 38.2 Å². The van der Waals surface area contributed by atoms with Crippen molar-refractivity contribution in [3.8, 4) is 0 Å². The first-order valence-electron chi connectivity index (χ1n) is 10.2. The van der Waals surface area contributed by atoms with Crippen LogP contribution in [0.3, 0.4) is 0 Å². The molecule has 3 heterocycles. The van der Waals surface area contributed by atoms with E-state index in [1.54, 1.807) is 11.6 Å². The van der Waals surface area contributed by atoms with Gasteiger partial charge in [0.15, 0.2) is 20.7 Å². The van der Waals surface area contributed by atoms with Gasteiger partial charge in [-0.2, -0.15) is 5.10 Å². The van der Waals surface area contributed by atoms with E-state index in [1.165, 1.54) is 6.08 Å². The molecule has 1 aliphatic carbocycles. The first kappa shape index (κ1) is 21.7. The molecule has 0 aromatic carbocycles. The van der Waals surface area contributed by atoms with Crippen LogP contribution in [0.25, 0.3) is 0 Å². The van der Waals surface area contributed by atoms with Gasteiger partial charge in [0.05, 0.1) is 23.2 Å². The average Bonchev–Trinajstić information content (AvgIpc) is 3.40. The highest BCUT2D eigenvalue weighted by Crippen LogP contribution is 2.32. The van der Waals surface area contributed by atoms with Crippen LogP contribution in [0.4, 0.5) is 5.13 Å². The minimum absolute atomic E-state index is 0.0596. The second-order valence-corrected chi connectivity index (χ2v) is 11.0. The largest absolute Gasteiger partial charge is 0.457 e. The van der Waals surface area contributed by atoms with Crippen LogP contribution in [-0.4, -0.2) is 53.2 Å². The minimum atomic E-state index is -3.07. The van der Waals surface area contributed by atoms with Gasteiger partial charge in [-0.3, -0.25) is 14.8 Å². The zero-order valence-electron chi connectivity index (χ0n) is 17.2. The van der Waals surface area contributed by atoms with Crippen molar-refractivity contribution in [2.45, 2.75) is 45.1 Å². The van der Waals surface area contributed by atoms with E-state index >= 15 is 0 Å². The lowest BCUT2D eigenvalue weighted by Gasteiger charge is -2.17. The van der Waals surface area contributed by atoms with Crippen LogP contribution in [0, 0.1) is 6.92 Å². The molecule has 2 aromatic rings. The van der Waals surface area contributed by atoms with E-state index < -0.39 is 21.7 Å². The number of aromatic nitrogens is 3. The number of carbonyl (C=O) groups excluding carboxylic acids is 2. The molecule has 31 heavy (non-hydrogen) atoms. The molecule has 166 valence electrons. The summed E-state index contributed by atoms with van der Waals surface area (Å²) >= 11 is 1.04. The highest BCUT2D eigenvalue weighted by atomic mass is 32.2. The van der Waals surface area contributed by atoms with Crippen LogP contribution in [0.15, 0.2) is 12.7 Å². The van der Waals surface area contributed by atoms with Crippen molar-refractivity contribution in [2.24, 2.45) is 0 Å². The molecule has 1 amide bonds. The third-order valence-corrected chi connectivity index (χ3v) is 8.32. The second-order valence-electron chi connectivity index (χ2n) is 7.76. The lowest BCUT2D eigenvalue weighted by Crippen LogP contribution is -2.17. The van der Waals surface area contributed by atoms with E-state index in [2.05, 4.69) is 22.0 Å². The molecule has 1 atom stereocenters. The summed E-state index contributed by atoms with van der Waals surface area (Å²) in [6.45, 7) is 5.28. The van der Waals surface area contributed by atoms with Crippen LogP contribution in [0.5, 0.6) is 0 Å². The molecule has 0 unspecified atom stereocenters. The lowest BCUT2D eigenvalue weighted by atomic mass is 9.95. The molecular weight excluding hydrogens is 440 g/mol. The molecule has 1 N–H and O–H groups in total. The van der Waals surface area contributed by atoms with E-state index in [1.807, 2.05) is 0 Å². The number of sulfone groups is 1. The maximum Gasteiger partial charge on any atom is 0.350 e. The number of rotatable bonds is 6. The number of fused-ring (bicyclic) bond motifs is 1. The number of esters is 1. The summed E-state index contributed by atoms with van der Waals surface area (Å²) in [4.78, 5) is 29.7. The van der Waals surface area contributed by atoms with Crippen molar-refractivity contribution < 1.29 is 22.7 Å². The average molecular weight is 465 g/mol. The minimum Gasteiger partial charge on any atom is -0.457 e. The third-order valence-electron chi connectivity index (χ3n) is 5.51. The highest BCUT2D eigenvalue weighted by molar-refractivity contribution is 7.91. The van der Waals surface area contributed by atoms with Crippen LogP contribution in [-0.2, 0) is 27.4 Å². The molecule has 1 fully saturated rings. The molecule has 1 aliphatic heterocycles. The molecule has 0 radical (unpaired) electrons. The predicted molar refractivity (Wildman–Crippen MR) is 116 cm³/mol. The molecule has 2 aliphatic rings. The van der Waals surface area contributed by atoms with E-state index in [9.17, 15) is 18.0 Å². The van der Waals surface area contributed by atoms with Gasteiger partial charge >= 0.3 is 5.97 Å². The highest BCUT2D eigenvalue weighted by Gasteiger charge is 2.34. The van der Waals surface area contributed by atoms with Crippen molar-refractivity contribution in [1.82, 2.24) is 14.8 Å². The number of aryl methyl sites for hydroxylation is 1. The Hall–Kier alpha value is -2.53. The summed E-state index contributed by atoms with van der Waals surface area (Å²) in [7, 11) is -3.07. The van der Waals surface area contributed by atoms with E-state index in [0.717, 1.165) is 48.3 Å². The van der Waals surface area contributed by atoms with E-state index in [4.69, 9.17) is 4.74 Å². The van der Waals surface area contributed by atoms with Crippen LogP contribution >= 0.6 is 11.3 Å². The first-order valence-corrected chi connectivity index (χ1v) is 12.8. The van der Waals surface area contributed by atoms with Gasteiger partial charge in [-0.05, 0) is 39.0 Å². The summed E-state index contributed by atoms with van der Waals surface area (Å²) in [5, 5.41) is 7.59. The van der Waals surface area contributed by atoms with Gasteiger partial charge < -0.3 is 4.74 Å². The Morgan fingerprint density at radius 2 is 2.13 bits per heavy atom. The van der Waals surface area contributed by atoms with E-state index in [-0.39, 0.29) is 29.3 Å². The van der Waals surface area contributed by atoms with Crippen LogP contribution in [0.2, 0.25) is 0 Å². The fourth-order valence-electron chi connectivity index (χ4n) is 4.07. The van der Waals surface area contributed by atoms with Crippen LogP contribution in [0.1, 0.15) is 62.4 Å². The molecule has 9 nitrogen and oxygen atoms in total. The van der Waals surface area contributed by atoms with Crippen molar-refractivity contribution in [3.05, 3.63) is 40.2 Å². The summed E-state index contributed by atoms with van der Waals surface area (Å²) in [6.07, 6.45) is 5.44. The monoisotopic (exact) mass is 464 g/mol. The predicted octanol–water partition coefficient (Wildman–Crippen LogP) is 2.48. The summed E-state index contributed by atoms with van der Waals surface area (Å²) in [6, 6.07) is -0.230. The Kier molecular flexibility index (Phi) is 5.98. The van der Waals surface area contributed by atoms with Gasteiger partial charge in [0, 0.05) is 11.3 Å². The number of anilines is 1. The van der Waals surface area contributed by atoms with Gasteiger partial charge in [0.1, 0.15) is 11.5 Å². The molecule has 0 bridgehead atoms. The zero-order chi connectivity index (χ0) is 22.2. The second kappa shape index (κ2) is 8.54. The normalized spacial score (nSPS) is 19.6. The van der Waals surface area contributed by atoms with Gasteiger partial charge in [0.25, 0.3) is 5.91 Å². The Bertz CT molecular complexity index is 1150. The molecule has 2 aromatic heterocycles. The van der Waals surface area contributed by atoms with Gasteiger partial charge in [-0.25, -0.2) is 18.2 Å². The fraction of sp³-hybridized carbons (Fsp3) is 0.500. The first-order chi connectivity index (χ1) is 14.8. The molecule has 4 rings (SSSR count). The Balaban J connectivity index is 1.58. The SMILES string of the molecule is C=CCOC(=O)c1sc(NC(=O)c2nn([C@H]3CCS(=O)(=O)C3)c3c2CCCC3)nc1C. The maximum absolute atomic E-state index is 13.0. The number of nitrogens with one attached hydrogen (secondary N) is 1. The molecule has 11 heteroatoms. The van der Waals surface area contributed by atoms with Crippen molar-refractivity contribution in [2.75, 3.05) is 23.4 Å². The molecular formula is C20H24N4O5S2. The number of hydrogen-bond donors (Lipinski definition) is 1. The topological polar surface area (TPSA) is 120 Å². The maximum atomic E-state index is 13.0. The zero-order valence-corrected chi connectivity index (χ0v) is 18.9. The Morgan fingerprint density at radius 3 is 2.84 bits per heavy atom. The fourth-order valence-corrected chi connectivity index (χ4v) is 6.62. The number of ether oxygens (including phenoxy) is 1. The van der Waals surface area contributed by atoms with Gasteiger partial charge in [-0.1, -0.05) is 24.0 Å². The van der Waals surface area contributed by atoms with E-state index in [0.29, 0.717) is 22.7 Å². The smallest absolute Gasteiger partial charge is 0.350 e. The quantitative estimate of drug-likeness (QED) is 0.515. The molecule has 0 saturated carbocycles. The lowest BCUT2D eigenvalue weighted by molar-refractivity contribution is 0.0554. The Labute approximate surface area is 184 Å². The van der Waals surface area contributed by atoms with Crippen molar-refractivity contribution in [1.29, 1.82) is 0 Å². The Morgan fingerprint density at radius 1 is 1.35 bits per heavy atom. The standard InChI is InChI=1S/C20H24N4O5S2/c1-3-9-29-19(26)17-12(2)21-20(30-17)22-18(25)16-14-6-4-5-7-15(14)24(23-16)13-8-10-31(27,28)11-13/h3,13H,1,4-11H2,2H3,(H,21,22,25)/t13-/m0/s1. The van der Waals surface area contributed by atoms with Crippen molar-refractivity contribution in [3.63, 3.8) is 0 Å². The van der Waals surface area contributed by atoms with Gasteiger partial charge in [0.2, 0.25) is 0 Å². The number of hydrogen-bond acceptors (Lipinski definition) is 8. The third kappa shape index (κ3) is 4.42. The molecule has 1 saturated heterocycles. The number of thiazole rings is 1. The van der Waals surface area contributed by atoms with Gasteiger partial charge in [-0.15, -0.1) is 0 Å². The summed E-state index contributed by atoms with van der Waals surface area (Å²) < 4.78 is 30.7. The summed E-state index contributed by atoms with van der Waals surface area (Å²) in [5.74, 6) is -0.710. The van der Waals surface area contributed by atoms with Crippen LogP contribution < -0.4 is 5.32 Å². The number of nitrogens with zero attached hydrogens (tertiary/aromatic N) is 3.